The van der Waals surface area contributed by atoms with Crippen molar-refractivity contribution in [2.75, 3.05) is 19.8 Å². The zero-order valence-corrected chi connectivity index (χ0v) is 14.2. The van der Waals surface area contributed by atoms with Crippen molar-refractivity contribution < 1.29 is 14.3 Å². The molecule has 6 nitrogen and oxygen atoms in total. The first-order chi connectivity index (χ1) is 12.8. The summed E-state index contributed by atoms with van der Waals surface area (Å²) in [6.45, 7) is 0.630. The molecular formula is C20H19N3O3. The van der Waals surface area contributed by atoms with Crippen LogP contribution >= 0.6 is 0 Å². The molecule has 0 aliphatic rings. The van der Waals surface area contributed by atoms with Gasteiger partial charge >= 0.3 is 0 Å². The number of nitrogens with one attached hydrogen (secondary N) is 1. The first-order valence-corrected chi connectivity index (χ1v) is 8.28. The molecule has 0 aliphatic carbocycles. The van der Waals surface area contributed by atoms with E-state index in [1.165, 1.54) is 0 Å². The summed E-state index contributed by atoms with van der Waals surface area (Å²) in [6.07, 6.45) is 0. The molecule has 132 valence electrons. The van der Waals surface area contributed by atoms with E-state index in [1.807, 2.05) is 54.6 Å². The third-order valence-corrected chi connectivity index (χ3v) is 3.50. The Balaban J connectivity index is 1.36. The average molecular weight is 349 g/mol. The highest BCUT2D eigenvalue weighted by Crippen LogP contribution is 2.16. The van der Waals surface area contributed by atoms with E-state index in [4.69, 9.17) is 9.47 Å². The van der Waals surface area contributed by atoms with Crippen LogP contribution in [-0.4, -0.2) is 35.9 Å². The molecule has 0 bridgehead atoms. The predicted octanol–water partition coefficient (Wildman–Crippen LogP) is 2.72. The zero-order valence-electron chi connectivity index (χ0n) is 14.2. The summed E-state index contributed by atoms with van der Waals surface area (Å²) in [6, 6.07) is 22.6. The van der Waals surface area contributed by atoms with Crippen molar-refractivity contribution in [2.24, 2.45) is 0 Å². The van der Waals surface area contributed by atoms with Gasteiger partial charge in [0.15, 0.2) is 6.61 Å². The summed E-state index contributed by atoms with van der Waals surface area (Å²) < 4.78 is 10.8. The Morgan fingerprint density at radius 3 is 2.27 bits per heavy atom. The second-order valence-electron chi connectivity index (χ2n) is 5.42. The van der Waals surface area contributed by atoms with E-state index in [-0.39, 0.29) is 12.5 Å². The third kappa shape index (κ3) is 5.31. The first-order valence-electron chi connectivity index (χ1n) is 8.28. The molecule has 0 atom stereocenters. The maximum absolute atomic E-state index is 11.7. The third-order valence-electron chi connectivity index (χ3n) is 3.50. The van der Waals surface area contributed by atoms with Crippen molar-refractivity contribution in [3.63, 3.8) is 0 Å². The Bertz CT molecular complexity index is 809. The summed E-state index contributed by atoms with van der Waals surface area (Å²) in [5.74, 6) is 0.870. The lowest BCUT2D eigenvalue weighted by molar-refractivity contribution is -0.123. The van der Waals surface area contributed by atoms with E-state index in [2.05, 4.69) is 15.5 Å². The molecule has 0 unspecified atom stereocenters. The van der Waals surface area contributed by atoms with E-state index >= 15 is 0 Å². The number of aromatic nitrogens is 2. The molecule has 0 saturated heterocycles. The molecule has 3 rings (SSSR count). The SMILES string of the molecule is O=C(COc1ccccc1)NCCOc1ccc(-c2ccccc2)nn1. The van der Waals surface area contributed by atoms with Gasteiger partial charge in [-0.25, -0.2) is 0 Å². The normalized spacial score (nSPS) is 10.2. The van der Waals surface area contributed by atoms with Crippen molar-refractivity contribution in [1.29, 1.82) is 0 Å². The highest BCUT2D eigenvalue weighted by molar-refractivity contribution is 5.77. The Labute approximate surface area is 151 Å². The van der Waals surface area contributed by atoms with Crippen LogP contribution in [0.5, 0.6) is 11.6 Å². The van der Waals surface area contributed by atoms with Crippen LogP contribution in [0.2, 0.25) is 0 Å². The van der Waals surface area contributed by atoms with Crippen LogP contribution in [0.1, 0.15) is 0 Å². The average Bonchev–Trinajstić information content (AvgIpc) is 2.71. The van der Waals surface area contributed by atoms with Gasteiger partial charge < -0.3 is 14.8 Å². The molecule has 0 saturated carbocycles. The van der Waals surface area contributed by atoms with Gasteiger partial charge in [0.2, 0.25) is 5.88 Å². The number of nitrogens with zero attached hydrogens (tertiary/aromatic N) is 2. The molecular weight excluding hydrogens is 330 g/mol. The maximum atomic E-state index is 11.7. The maximum Gasteiger partial charge on any atom is 0.258 e. The summed E-state index contributed by atoms with van der Waals surface area (Å²) in [5, 5.41) is 10.9. The van der Waals surface area contributed by atoms with E-state index in [0.29, 0.717) is 24.8 Å². The highest BCUT2D eigenvalue weighted by atomic mass is 16.5. The van der Waals surface area contributed by atoms with Crippen LogP contribution in [0.25, 0.3) is 11.3 Å². The topological polar surface area (TPSA) is 73.3 Å². The Morgan fingerprint density at radius 2 is 1.58 bits per heavy atom. The van der Waals surface area contributed by atoms with Crippen molar-refractivity contribution in [1.82, 2.24) is 15.5 Å². The van der Waals surface area contributed by atoms with Crippen LogP contribution < -0.4 is 14.8 Å². The number of rotatable bonds is 8. The Morgan fingerprint density at radius 1 is 0.846 bits per heavy atom. The monoisotopic (exact) mass is 349 g/mol. The van der Waals surface area contributed by atoms with Gasteiger partial charge in [0, 0.05) is 11.6 Å². The number of ether oxygens (including phenoxy) is 2. The fourth-order valence-electron chi connectivity index (χ4n) is 2.22. The molecule has 0 radical (unpaired) electrons. The summed E-state index contributed by atoms with van der Waals surface area (Å²) in [5.41, 5.74) is 1.78. The molecule has 1 heterocycles. The number of carbonyl (C=O) groups excluding carboxylic acids is 1. The van der Waals surface area contributed by atoms with E-state index in [0.717, 1.165) is 11.3 Å². The van der Waals surface area contributed by atoms with E-state index in [9.17, 15) is 4.79 Å². The second-order valence-corrected chi connectivity index (χ2v) is 5.42. The minimum Gasteiger partial charge on any atom is -0.484 e. The Kier molecular flexibility index (Phi) is 6.14. The van der Waals surface area contributed by atoms with Gasteiger partial charge in [-0.3, -0.25) is 4.79 Å². The number of benzene rings is 2. The molecule has 0 spiro atoms. The van der Waals surface area contributed by atoms with Crippen molar-refractivity contribution in [3.05, 3.63) is 72.8 Å². The summed E-state index contributed by atoms with van der Waals surface area (Å²) in [7, 11) is 0. The van der Waals surface area contributed by atoms with Crippen molar-refractivity contribution >= 4 is 5.91 Å². The quantitative estimate of drug-likeness (QED) is 0.633. The Hall–Kier alpha value is -3.41. The second kappa shape index (κ2) is 9.17. The molecule has 6 heteroatoms. The van der Waals surface area contributed by atoms with Gasteiger partial charge in [0.05, 0.1) is 12.2 Å². The minimum absolute atomic E-state index is 0.0322. The molecule has 1 N–H and O–H groups in total. The lowest BCUT2D eigenvalue weighted by Crippen LogP contribution is -2.32. The van der Waals surface area contributed by atoms with Gasteiger partial charge in [-0.2, -0.15) is 0 Å². The summed E-state index contributed by atoms with van der Waals surface area (Å²) in [4.78, 5) is 11.7. The van der Waals surface area contributed by atoms with Gasteiger partial charge in [0.1, 0.15) is 12.4 Å². The number of hydrogen-bond acceptors (Lipinski definition) is 5. The van der Waals surface area contributed by atoms with Gasteiger partial charge in [-0.1, -0.05) is 48.5 Å². The molecule has 26 heavy (non-hydrogen) atoms. The smallest absolute Gasteiger partial charge is 0.258 e. The lowest BCUT2D eigenvalue weighted by Gasteiger charge is -2.08. The molecule has 0 aliphatic heterocycles. The standard InChI is InChI=1S/C20H19N3O3/c24-19(15-26-17-9-5-2-6-10-17)21-13-14-25-20-12-11-18(22-23-20)16-7-3-1-4-8-16/h1-12H,13-15H2,(H,21,24). The van der Waals surface area contributed by atoms with E-state index < -0.39 is 0 Å². The van der Waals surface area contributed by atoms with Crippen LogP contribution in [0.15, 0.2) is 72.8 Å². The molecule has 1 aromatic heterocycles. The predicted molar refractivity (Wildman–Crippen MR) is 97.9 cm³/mol. The van der Waals surface area contributed by atoms with Gasteiger partial charge in [-0.05, 0) is 18.2 Å². The largest absolute Gasteiger partial charge is 0.484 e. The summed E-state index contributed by atoms with van der Waals surface area (Å²) >= 11 is 0. The lowest BCUT2D eigenvalue weighted by atomic mass is 10.1. The first kappa shape index (κ1) is 17.4. The fourth-order valence-corrected chi connectivity index (χ4v) is 2.22. The number of para-hydroxylation sites is 1. The van der Waals surface area contributed by atoms with Gasteiger partial charge in [-0.15, -0.1) is 10.2 Å². The molecule has 0 fully saturated rings. The highest BCUT2D eigenvalue weighted by Gasteiger charge is 2.04. The van der Waals surface area contributed by atoms with Gasteiger partial charge in [0.25, 0.3) is 5.91 Å². The van der Waals surface area contributed by atoms with Crippen LogP contribution in [0, 0.1) is 0 Å². The minimum atomic E-state index is -0.206. The van der Waals surface area contributed by atoms with Crippen LogP contribution in [0.4, 0.5) is 0 Å². The molecule has 2 aromatic carbocycles. The van der Waals surface area contributed by atoms with Crippen molar-refractivity contribution in [2.45, 2.75) is 0 Å². The zero-order chi connectivity index (χ0) is 18.0. The fraction of sp³-hybridized carbons (Fsp3) is 0.150. The number of hydrogen-bond donors (Lipinski definition) is 1. The number of amides is 1. The van der Waals surface area contributed by atoms with E-state index in [1.54, 1.807) is 18.2 Å². The number of carbonyl (C=O) groups is 1. The molecule has 3 aromatic rings. The molecule has 1 amide bonds. The van der Waals surface area contributed by atoms with Crippen molar-refractivity contribution in [3.8, 4) is 22.9 Å². The van der Waals surface area contributed by atoms with Crippen LogP contribution in [-0.2, 0) is 4.79 Å². The van der Waals surface area contributed by atoms with Crippen LogP contribution in [0.3, 0.4) is 0 Å².